The van der Waals surface area contributed by atoms with Crippen LogP contribution in [0.4, 0.5) is 0 Å². The number of nitrogens with one attached hydrogen (secondary N) is 1. The van der Waals surface area contributed by atoms with Crippen LogP contribution in [0.15, 0.2) is 36.4 Å². The molecule has 148 valence electrons. The number of hydrogen-bond donors (Lipinski definition) is 1. The Morgan fingerprint density at radius 1 is 1.18 bits per heavy atom. The minimum Gasteiger partial charge on any atom is -0.489 e. The van der Waals surface area contributed by atoms with Crippen molar-refractivity contribution in [3.63, 3.8) is 0 Å². The molecule has 1 heterocycles. The van der Waals surface area contributed by atoms with Gasteiger partial charge in [-0.25, -0.2) is 4.79 Å². The predicted octanol–water partition coefficient (Wildman–Crippen LogP) is 3.33. The summed E-state index contributed by atoms with van der Waals surface area (Å²) >= 11 is 6.17. The fourth-order valence-electron chi connectivity index (χ4n) is 2.84. The fourth-order valence-corrected chi connectivity index (χ4v) is 3.11. The van der Waals surface area contributed by atoms with Crippen molar-refractivity contribution in [2.75, 3.05) is 26.4 Å². The first kappa shape index (κ1) is 20.0. The van der Waals surface area contributed by atoms with Crippen LogP contribution in [0.2, 0.25) is 5.02 Å². The molecule has 1 N–H and O–H groups in total. The second-order valence-corrected chi connectivity index (χ2v) is 6.85. The third kappa shape index (κ3) is 5.16. The standard InChI is InChI=1S/C21H22ClNO5/c1-14-5-2-3-6-15(14)7-8-23-19(24)13-28-21(25)16-11-17(22)20-18(12-16)26-9-4-10-27-20/h2-3,5-6,11-12H,4,7-10,13H2,1H3,(H,23,24). The highest BCUT2D eigenvalue weighted by molar-refractivity contribution is 6.32. The van der Waals surface area contributed by atoms with Gasteiger partial charge in [-0.15, -0.1) is 0 Å². The zero-order chi connectivity index (χ0) is 19.9. The first-order valence-corrected chi connectivity index (χ1v) is 9.50. The molecule has 0 radical (unpaired) electrons. The van der Waals surface area contributed by atoms with E-state index in [0.29, 0.717) is 37.7 Å². The van der Waals surface area contributed by atoms with Crippen LogP contribution in [0.25, 0.3) is 0 Å². The van der Waals surface area contributed by atoms with Crippen LogP contribution >= 0.6 is 11.6 Å². The Hall–Kier alpha value is -2.73. The predicted molar refractivity (Wildman–Crippen MR) is 105 cm³/mol. The van der Waals surface area contributed by atoms with Gasteiger partial charge in [0.05, 0.1) is 23.8 Å². The van der Waals surface area contributed by atoms with Crippen LogP contribution in [-0.2, 0) is 16.0 Å². The van der Waals surface area contributed by atoms with Gasteiger partial charge >= 0.3 is 5.97 Å². The number of aryl methyl sites for hydroxylation is 1. The summed E-state index contributed by atoms with van der Waals surface area (Å²) in [6.07, 6.45) is 1.44. The lowest BCUT2D eigenvalue weighted by Crippen LogP contribution is -2.30. The van der Waals surface area contributed by atoms with Crippen molar-refractivity contribution in [2.24, 2.45) is 0 Å². The van der Waals surface area contributed by atoms with Crippen molar-refractivity contribution < 1.29 is 23.8 Å². The largest absolute Gasteiger partial charge is 0.489 e. The molecule has 7 heteroatoms. The maximum Gasteiger partial charge on any atom is 0.338 e. The van der Waals surface area contributed by atoms with E-state index in [-0.39, 0.29) is 23.1 Å². The zero-order valence-electron chi connectivity index (χ0n) is 15.6. The first-order valence-electron chi connectivity index (χ1n) is 9.12. The SMILES string of the molecule is Cc1ccccc1CCNC(=O)COC(=O)c1cc(Cl)c2c(c1)OCCCO2. The van der Waals surface area contributed by atoms with Crippen molar-refractivity contribution >= 4 is 23.5 Å². The van der Waals surface area contributed by atoms with Crippen molar-refractivity contribution in [1.82, 2.24) is 5.32 Å². The summed E-state index contributed by atoms with van der Waals surface area (Å²) in [5.41, 5.74) is 2.55. The maximum atomic E-state index is 12.3. The van der Waals surface area contributed by atoms with Crippen LogP contribution in [0.5, 0.6) is 11.5 Å². The summed E-state index contributed by atoms with van der Waals surface area (Å²) in [6, 6.07) is 11.0. The number of esters is 1. The van der Waals surface area contributed by atoms with E-state index < -0.39 is 5.97 Å². The number of carbonyl (C=O) groups excluding carboxylic acids is 2. The zero-order valence-corrected chi connectivity index (χ0v) is 16.4. The van der Waals surface area contributed by atoms with E-state index in [1.807, 2.05) is 31.2 Å². The number of fused-ring (bicyclic) bond motifs is 1. The van der Waals surface area contributed by atoms with E-state index in [1.165, 1.54) is 23.3 Å². The molecule has 1 aliphatic rings. The maximum absolute atomic E-state index is 12.3. The molecule has 1 amide bonds. The number of ether oxygens (including phenoxy) is 3. The quantitative estimate of drug-likeness (QED) is 0.749. The Morgan fingerprint density at radius 2 is 1.96 bits per heavy atom. The third-order valence-corrected chi connectivity index (χ3v) is 4.63. The fraction of sp³-hybridized carbons (Fsp3) is 0.333. The molecular weight excluding hydrogens is 382 g/mol. The Bertz CT molecular complexity index is 868. The molecule has 0 atom stereocenters. The van der Waals surface area contributed by atoms with Crippen molar-refractivity contribution in [1.29, 1.82) is 0 Å². The second-order valence-electron chi connectivity index (χ2n) is 6.44. The molecule has 2 aromatic rings. The molecule has 0 fully saturated rings. The molecule has 0 saturated heterocycles. The molecule has 0 bridgehead atoms. The number of carbonyl (C=O) groups is 2. The van der Waals surface area contributed by atoms with Gasteiger partial charge in [-0.3, -0.25) is 4.79 Å². The van der Waals surface area contributed by atoms with Crippen molar-refractivity contribution in [3.8, 4) is 11.5 Å². The molecule has 3 rings (SSSR count). The topological polar surface area (TPSA) is 73.9 Å². The van der Waals surface area contributed by atoms with Crippen molar-refractivity contribution in [2.45, 2.75) is 19.8 Å². The van der Waals surface area contributed by atoms with Crippen LogP contribution in [0.3, 0.4) is 0 Å². The lowest BCUT2D eigenvalue weighted by Gasteiger charge is -2.11. The van der Waals surface area contributed by atoms with Gasteiger partial charge in [-0.1, -0.05) is 35.9 Å². The highest BCUT2D eigenvalue weighted by Crippen LogP contribution is 2.38. The van der Waals surface area contributed by atoms with Crippen LogP contribution in [-0.4, -0.2) is 38.2 Å². The van der Waals surface area contributed by atoms with Gasteiger partial charge in [-0.2, -0.15) is 0 Å². The number of benzene rings is 2. The number of amides is 1. The Kier molecular flexibility index (Phi) is 6.76. The van der Waals surface area contributed by atoms with E-state index in [0.717, 1.165) is 6.42 Å². The average molecular weight is 404 g/mol. The molecular formula is C21H22ClNO5. The van der Waals surface area contributed by atoms with Crippen molar-refractivity contribution in [3.05, 3.63) is 58.1 Å². The molecule has 0 spiro atoms. The normalized spacial score (nSPS) is 12.8. The van der Waals surface area contributed by atoms with Gasteiger partial charge in [0, 0.05) is 13.0 Å². The van der Waals surface area contributed by atoms with E-state index in [4.69, 9.17) is 25.8 Å². The van der Waals surface area contributed by atoms with E-state index in [9.17, 15) is 9.59 Å². The van der Waals surface area contributed by atoms with Gasteiger partial charge in [-0.05, 0) is 36.6 Å². The molecule has 0 aromatic heterocycles. The minimum absolute atomic E-state index is 0.210. The highest BCUT2D eigenvalue weighted by Gasteiger charge is 2.19. The Morgan fingerprint density at radius 3 is 2.79 bits per heavy atom. The third-order valence-electron chi connectivity index (χ3n) is 4.35. The van der Waals surface area contributed by atoms with Crippen LogP contribution < -0.4 is 14.8 Å². The molecule has 0 saturated carbocycles. The number of rotatable bonds is 6. The molecule has 0 unspecified atom stereocenters. The van der Waals surface area contributed by atoms with Gasteiger partial charge in [0.2, 0.25) is 0 Å². The summed E-state index contributed by atoms with van der Waals surface area (Å²) in [7, 11) is 0. The molecule has 1 aliphatic heterocycles. The monoisotopic (exact) mass is 403 g/mol. The number of hydrogen-bond acceptors (Lipinski definition) is 5. The molecule has 0 aliphatic carbocycles. The van der Waals surface area contributed by atoms with Gasteiger partial charge < -0.3 is 19.5 Å². The van der Waals surface area contributed by atoms with E-state index in [2.05, 4.69) is 5.32 Å². The lowest BCUT2D eigenvalue weighted by molar-refractivity contribution is -0.124. The highest BCUT2D eigenvalue weighted by atomic mass is 35.5. The van der Waals surface area contributed by atoms with Crippen LogP contribution in [0.1, 0.15) is 27.9 Å². The van der Waals surface area contributed by atoms with E-state index in [1.54, 1.807) is 0 Å². The molecule has 28 heavy (non-hydrogen) atoms. The van der Waals surface area contributed by atoms with E-state index >= 15 is 0 Å². The lowest BCUT2D eigenvalue weighted by atomic mass is 10.1. The average Bonchev–Trinajstić information content (AvgIpc) is 2.93. The molecule has 6 nitrogen and oxygen atoms in total. The van der Waals surface area contributed by atoms with Crippen LogP contribution in [0, 0.1) is 6.92 Å². The Labute approximate surface area is 168 Å². The molecule has 2 aromatic carbocycles. The van der Waals surface area contributed by atoms with Gasteiger partial charge in [0.15, 0.2) is 18.1 Å². The first-order chi connectivity index (χ1) is 13.5. The van der Waals surface area contributed by atoms with Gasteiger partial charge in [0.1, 0.15) is 0 Å². The smallest absolute Gasteiger partial charge is 0.338 e. The summed E-state index contributed by atoms with van der Waals surface area (Å²) in [5.74, 6) is -0.182. The Balaban J connectivity index is 1.50. The summed E-state index contributed by atoms with van der Waals surface area (Å²) in [6.45, 7) is 3.11. The summed E-state index contributed by atoms with van der Waals surface area (Å²) in [4.78, 5) is 24.2. The van der Waals surface area contributed by atoms with Gasteiger partial charge in [0.25, 0.3) is 5.91 Å². The summed E-state index contributed by atoms with van der Waals surface area (Å²) in [5, 5.41) is 3.02. The number of halogens is 1. The minimum atomic E-state index is -0.647. The summed E-state index contributed by atoms with van der Waals surface area (Å²) < 4.78 is 16.2. The second kappa shape index (κ2) is 9.46.